The van der Waals surface area contributed by atoms with Gasteiger partial charge in [0, 0.05) is 6.61 Å². The van der Waals surface area contributed by atoms with Gasteiger partial charge in [-0.2, -0.15) is 0 Å². The zero-order valence-electron chi connectivity index (χ0n) is 8.96. The first kappa shape index (κ1) is 11.0. The maximum Gasteiger partial charge on any atom is 0.0468 e. The molecule has 0 aliphatic heterocycles. The highest BCUT2D eigenvalue weighted by molar-refractivity contribution is 5.23. The Balaban J connectivity index is 2.53. The highest BCUT2D eigenvalue weighted by Crippen LogP contribution is 2.07. The number of aliphatic hydroxyl groups excluding tert-OH is 1. The van der Waals surface area contributed by atoms with Crippen LogP contribution in [0.2, 0.25) is 0 Å². The molecular formula is C13H18O. The third-order valence-corrected chi connectivity index (χ3v) is 2.31. The van der Waals surface area contributed by atoms with E-state index < -0.39 is 0 Å². The molecule has 14 heavy (non-hydrogen) atoms. The summed E-state index contributed by atoms with van der Waals surface area (Å²) in [7, 11) is 0. The molecule has 1 aromatic rings. The average Bonchev–Trinajstić information content (AvgIpc) is 2.17. The minimum Gasteiger partial charge on any atom is -0.396 e. The quantitative estimate of drug-likeness (QED) is 0.724. The molecule has 76 valence electrons. The lowest BCUT2D eigenvalue weighted by atomic mass is 10.1. The van der Waals surface area contributed by atoms with Crippen molar-refractivity contribution in [3.8, 4) is 0 Å². The molecule has 0 saturated heterocycles. The van der Waals surface area contributed by atoms with Gasteiger partial charge in [0.25, 0.3) is 0 Å². The molecule has 0 bridgehead atoms. The van der Waals surface area contributed by atoms with Gasteiger partial charge >= 0.3 is 0 Å². The van der Waals surface area contributed by atoms with Crippen LogP contribution in [-0.4, -0.2) is 11.7 Å². The van der Waals surface area contributed by atoms with Crippen molar-refractivity contribution in [3.05, 3.63) is 47.0 Å². The second-order valence-electron chi connectivity index (χ2n) is 3.71. The molecule has 1 N–H and O–H groups in total. The summed E-state index contributed by atoms with van der Waals surface area (Å²) in [5.41, 5.74) is 3.88. The third kappa shape index (κ3) is 3.75. The molecular weight excluding hydrogens is 172 g/mol. The molecule has 0 aliphatic rings. The minimum absolute atomic E-state index is 0.246. The molecule has 0 unspecified atom stereocenters. The largest absolute Gasteiger partial charge is 0.396 e. The van der Waals surface area contributed by atoms with Crippen LogP contribution in [-0.2, 0) is 6.42 Å². The fourth-order valence-corrected chi connectivity index (χ4v) is 1.29. The van der Waals surface area contributed by atoms with Crippen molar-refractivity contribution in [2.75, 3.05) is 6.61 Å². The van der Waals surface area contributed by atoms with Gasteiger partial charge in [-0.15, -0.1) is 0 Å². The van der Waals surface area contributed by atoms with Crippen LogP contribution in [0.4, 0.5) is 0 Å². The second-order valence-corrected chi connectivity index (χ2v) is 3.71. The summed E-state index contributed by atoms with van der Waals surface area (Å²) >= 11 is 0. The van der Waals surface area contributed by atoms with Crippen molar-refractivity contribution in [1.82, 2.24) is 0 Å². The van der Waals surface area contributed by atoms with Crippen LogP contribution in [0.5, 0.6) is 0 Å². The molecule has 0 aromatic heterocycles. The van der Waals surface area contributed by atoms with Crippen molar-refractivity contribution in [1.29, 1.82) is 0 Å². The Bertz CT molecular complexity index is 296. The van der Waals surface area contributed by atoms with Crippen LogP contribution in [0.25, 0.3) is 0 Å². The Morgan fingerprint density at radius 1 is 1.29 bits per heavy atom. The molecule has 1 aromatic carbocycles. The van der Waals surface area contributed by atoms with Crippen molar-refractivity contribution in [3.63, 3.8) is 0 Å². The Morgan fingerprint density at radius 3 is 2.50 bits per heavy atom. The van der Waals surface area contributed by atoms with E-state index in [2.05, 4.69) is 44.2 Å². The summed E-state index contributed by atoms with van der Waals surface area (Å²) < 4.78 is 0. The van der Waals surface area contributed by atoms with Crippen molar-refractivity contribution in [2.45, 2.75) is 26.7 Å². The Morgan fingerprint density at radius 2 is 1.93 bits per heavy atom. The lowest BCUT2D eigenvalue weighted by Crippen LogP contribution is -1.87. The second kappa shape index (κ2) is 5.61. The van der Waals surface area contributed by atoms with Crippen LogP contribution < -0.4 is 0 Å². The monoisotopic (exact) mass is 190 g/mol. The van der Waals surface area contributed by atoms with Crippen LogP contribution >= 0.6 is 0 Å². The highest BCUT2D eigenvalue weighted by Gasteiger charge is 1.91. The predicted octanol–water partition coefficient (Wildman–Crippen LogP) is 2.87. The zero-order chi connectivity index (χ0) is 10.4. The van der Waals surface area contributed by atoms with Crippen LogP contribution in [0, 0.1) is 6.92 Å². The van der Waals surface area contributed by atoms with Crippen LogP contribution in [0.15, 0.2) is 35.9 Å². The maximum atomic E-state index is 8.73. The molecule has 0 atom stereocenters. The van der Waals surface area contributed by atoms with Gasteiger partial charge in [-0.3, -0.25) is 0 Å². The normalized spacial score (nSPS) is 11.8. The number of benzene rings is 1. The fourth-order valence-electron chi connectivity index (χ4n) is 1.29. The van der Waals surface area contributed by atoms with Crippen molar-refractivity contribution >= 4 is 0 Å². The van der Waals surface area contributed by atoms with Gasteiger partial charge in [-0.25, -0.2) is 0 Å². The van der Waals surface area contributed by atoms with Crippen molar-refractivity contribution < 1.29 is 5.11 Å². The summed E-state index contributed by atoms with van der Waals surface area (Å²) in [4.78, 5) is 0. The highest BCUT2D eigenvalue weighted by atomic mass is 16.2. The molecule has 0 saturated carbocycles. The number of rotatable bonds is 4. The molecule has 0 spiro atoms. The van der Waals surface area contributed by atoms with Crippen molar-refractivity contribution in [2.24, 2.45) is 0 Å². The van der Waals surface area contributed by atoms with E-state index in [1.54, 1.807) is 0 Å². The molecule has 1 heteroatoms. The summed E-state index contributed by atoms with van der Waals surface area (Å²) in [6.45, 7) is 4.40. The number of hydrogen-bond donors (Lipinski definition) is 1. The van der Waals surface area contributed by atoms with Gasteiger partial charge in [0.05, 0.1) is 0 Å². The number of hydrogen-bond acceptors (Lipinski definition) is 1. The van der Waals surface area contributed by atoms with E-state index in [-0.39, 0.29) is 6.61 Å². The van der Waals surface area contributed by atoms with E-state index in [1.165, 1.54) is 16.7 Å². The Hall–Kier alpha value is -1.08. The molecule has 0 heterocycles. The SMILES string of the molecule is C/C(=C\Cc1ccc(C)cc1)CCO. The number of aliphatic hydroxyl groups is 1. The van der Waals surface area contributed by atoms with Gasteiger partial charge in [0.15, 0.2) is 0 Å². The molecule has 0 fully saturated rings. The molecule has 1 nitrogen and oxygen atoms in total. The first-order chi connectivity index (χ1) is 6.72. The lowest BCUT2D eigenvalue weighted by Gasteiger charge is -2.00. The molecule has 0 amide bonds. The summed E-state index contributed by atoms with van der Waals surface area (Å²) in [5.74, 6) is 0. The Kier molecular flexibility index (Phi) is 4.41. The fraction of sp³-hybridized carbons (Fsp3) is 0.385. The van der Waals surface area contributed by atoms with Gasteiger partial charge in [-0.1, -0.05) is 41.5 Å². The van der Waals surface area contributed by atoms with E-state index in [0.717, 1.165) is 12.8 Å². The van der Waals surface area contributed by atoms with Crippen LogP contribution in [0.1, 0.15) is 24.5 Å². The number of allylic oxidation sites excluding steroid dienone is 1. The summed E-state index contributed by atoms with van der Waals surface area (Å²) in [5, 5.41) is 8.73. The molecule has 0 radical (unpaired) electrons. The zero-order valence-corrected chi connectivity index (χ0v) is 8.96. The number of aryl methyl sites for hydroxylation is 1. The summed E-state index contributed by atoms with van der Waals surface area (Å²) in [6, 6.07) is 8.56. The first-order valence-electron chi connectivity index (χ1n) is 5.04. The van der Waals surface area contributed by atoms with E-state index in [4.69, 9.17) is 5.11 Å². The Labute approximate surface area is 86.1 Å². The predicted molar refractivity (Wildman–Crippen MR) is 60.3 cm³/mol. The van der Waals surface area contributed by atoms with E-state index >= 15 is 0 Å². The third-order valence-electron chi connectivity index (χ3n) is 2.31. The molecule has 1 rings (SSSR count). The van der Waals surface area contributed by atoms with E-state index in [0.29, 0.717) is 0 Å². The van der Waals surface area contributed by atoms with E-state index in [9.17, 15) is 0 Å². The van der Waals surface area contributed by atoms with Gasteiger partial charge in [0.1, 0.15) is 0 Å². The summed E-state index contributed by atoms with van der Waals surface area (Å²) in [6.07, 6.45) is 3.93. The lowest BCUT2D eigenvalue weighted by molar-refractivity contribution is 0.299. The van der Waals surface area contributed by atoms with Gasteiger partial charge in [-0.05, 0) is 32.3 Å². The maximum absolute atomic E-state index is 8.73. The van der Waals surface area contributed by atoms with Gasteiger partial charge in [0.2, 0.25) is 0 Å². The minimum atomic E-state index is 0.246. The first-order valence-corrected chi connectivity index (χ1v) is 5.04. The van der Waals surface area contributed by atoms with E-state index in [1.807, 2.05) is 0 Å². The molecule has 0 aliphatic carbocycles. The average molecular weight is 190 g/mol. The standard InChI is InChI=1S/C13H18O/c1-11-3-6-13(7-4-11)8-5-12(2)9-10-14/h3-7,14H,8-10H2,1-2H3/b12-5+. The smallest absolute Gasteiger partial charge is 0.0468 e. The topological polar surface area (TPSA) is 20.2 Å². The van der Waals surface area contributed by atoms with Crippen LogP contribution in [0.3, 0.4) is 0 Å². The van der Waals surface area contributed by atoms with Gasteiger partial charge < -0.3 is 5.11 Å².